The van der Waals surface area contributed by atoms with Crippen LogP contribution < -0.4 is 15.1 Å². The minimum absolute atomic E-state index is 0.889. The predicted molar refractivity (Wildman–Crippen MR) is 81.6 cm³/mol. The van der Waals surface area contributed by atoms with Gasteiger partial charge in [0.05, 0.1) is 0 Å². The molecule has 2 aliphatic rings. The van der Waals surface area contributed by atoms with Crippen LogP contribution in [0.25, 0.3) is 0 Å². The van der Waals surface area contributed by atoms with Gasteiger partial charge in [0.2, 0.25) is 5.95 Å². The number of hydrogen-bond acceptors (Lipinski definition) is 6. The third-order valence-corrected chi connectivity index (χ3v) is 4.06. The van der Waals surface area contributed by atoms with Gasteiger partial charge in [-0.05, 0) is 14.0 Å². The molecule has 2 fully saturated rings. The standard InChI is InChI=1S/C14H24N6/c1-12-11-13(19-9-7-18(2)8-10-19)17-14(16-12)20-5-3-15-4-6-20/h11,15H,3-10H2,1-2H3. The van der Waals surface area contributed by atoms with Gasteiger partial charge in [-0.25, -0.2) is 4.98 Å². The van der Waals surface area contributed by atoms with Crippen molar-refractivity contribution in [2.45, 2.75) is 6.92 Å². The summed E-state index contributed by atoms with van der Waals surface area (Å²) in [5.41, 5.74) is 1.06. The number of hydrogen-bond donors (Lipinski definition) is 1. The zero-order valence-corrected chi connectivity index (χ0v) is 12.5. The first-order chi connectivity index (χ1) is 9.72. The van der Waals surface area contributed by atoms with Crippen LogP contribution in [0.1, 0.15) is 5.69 Å². The molecule has 0 aliphatic carbocycles. The van der Waals surface area contributed by atoms with E-state index in [1.54, 1.807) is 0 Å². The number of rotatable bonds is 2. The van der Waals surface area contributed by atoms with E-state index >= 15 is 0 Å². The molecule has 3 rings (SSSR count). The number of nitrogens with zero attached hydrogens (tertiary/aromatic N) is 5. The zero-order chi connectivity index (χ0) is 13.9. The van der Waals surface area contributed by atoms with E-state index in [0.717, 1.165) is 69.8 Å². The minimum atomic E-state index is 0.889. The molecule has 0 atom stereocenters. The van der Waals surface area contributed by atoms with Crippen molar-refractivity contribution in [1.29, 1.82) is 0 Å². The number of aromatic nitrogens is 2. The first-order valence-electron chi connectivity index (χ1n) is 7.47. The van der Waals surface area contributed by atoms with Gasteiger partial charge in [0.1, 0.15) is 5.82 Å². The van der Waals surface area contributed by atoms with Crippen molar-refractivity contribution in [3.63, 3.8) is 0 Å². The fourth-order valence-electron chi connectivity index (χ4n) is 2.74. The van der Waals surface area contributed by atoms with Gasteiger partial charge in [-0.2, -0.15) is 4.98 Å². The van der Waals surface area contributed by atoms with Crippen LogP contribution in [0.15, 0.2) is 6.07 Å². The Morgan fingerprint density at radius 3 is 2.35 bits per heavy atom. The van der Waals surface area contributed by atoms with Crippen LogP contribution in [0.2, 0.25) is 0 Å². The molecule has 2 saturated heterocycles. The number of aryl methyl sites for hydroxylation is 1. The molecule has 6 heteroatoms. The first kappa shape index (κ1) is 13.6. The molecule has 0 aromatic carbocycles. The number of anilines is 2. The van der Waals surface area contributed by atoms with Crippen molar-refractivity contribution in [1.82, 2.24) is 20.2 Å². The second-order valence-electron chi connectivity index (χ2n) is 5.69. The maximum Gasteiger partial charge on any atom is 0.227 e. The Morgan fingerprint density at radius 1 is 0.950 bits per heavy atom. The first-order valence-corrected chi connectivity index (χ1v) is 7.47. The molecule has 0 unspecified atom stereocenters. The van der Waals surface area contributed by atoms with E-state index in [0.29, 0.717) is 0 Å². The fraction of sp³-hybridized carbons (Fsp3) is 0.714. The van der Waals surface area contributed by atoms with Crippen molar-refractivity contribution < 1.29 is 0 Å². The van der Waals surface area contributed by atoms with Crippen LogP contribution in [0, 0.1) is 6.92 Å². The molecular formula is C14H24N6. The number of piperazine rings is 2. The summed E-state index contributed by atoms with van der Waals surface area (Å²) < 4.78 is 0. The lowest BCUT2D eigenvalue weighted by molar-refractivity contribution is 0.312. The Morgan fingerprint density at radius 2 is 1.65 bits per heavy atom. The zero-order valence-electron chi connectivity index (χ0n) is 12.5. The van der Waals surface area contributed by atoms with Gasteiger partial charge in [0, 0.05) is 64.1 Å². The van der Waals surface area contributed by atoms with Crippen LogP contribution in [0.3, 0.4) is 0 Å². The maximum absolute atomic E-state index is 4.80. The summed E-state index contributed by atoms with van der Waals surface area (Å²) in [5, 5.41) is 3.37. The summed E-state index contributed by atoms with van der Waals surface area (Å²) in [6.45, 7) is 10.4. The van der Waals surface area contributed by atoms with E-state index in [-0.39, 0.29) is 0 Å². The van der Waals surface area contributed by atoms with Crippen molar-refractivity contribution >= 4 is 11.8 Å². The predicted octanol–water partition coefficient (Wildman–Crippen LogP) is -0.0536. The van der Waals surface area contributed by atoms with Crippen LogP contribution in [-0.4, -0.2) is 74.3 Å². The van der Waals surface area contributed by atoms with Crippen LogP contribution in [0.4, 0.5) is 11.8 Å². The molecule has 110 valence electrons. The summed E-state index contributed by atoms with van der Waals surface area (Å²) in [4.78, 5) is 16.4. The van der Waals surface area contributed by atoms with E-state index in [1.165, 1.54) is 0 Å². The largest absolute Gasteiger partial charge is 0.354 e. The van der Waals surface area contributed by atoms with Gasteiger partial charge < -0.3 is 20.0 Å². The lowest BCUT2D eigenvalue weighted by atomic mass is 10.3. The van der Waals surface area contributed by atoms with Crippen molar-refractivity contribution in [2.75, 3.05) is 69.2 Å². The molecule has 0 bridgehead atoms. The Kier molecular flexibility index (Phi) is 4.03. The molecule has 1 aromatic heterocycles. The molecule has 6 nitrogen and oxygen atoms in total. The average Bonchev–Trinajstić information content (AvgIpc) is 2.48. The van der Waals surface area contributed by atoms with E-state index in [9.17, 15) is 0 Å². The highest BCUT2D eigenvalue weighted by Gasteiger charge is 2.19. The Balaban J connectivity index is 1.79. The Hall–Kier alpha value is -1.40. The number of likely N-dealkylation sites (N-methyl/N-ethyl adjacent to an activating group) is 1. The normalized spacial score (nSPS) is 21.3. The molecule has 1 aromatic rings. The Labute approximate surface area is 120 Å². The van der Waals surface area contributed by atoms with Gasteiger partial charge in [0.15, 0.2) is 0 Å². The third kappa shape index (κ3) is 3.02. The van der Waals surface area contributed by atoms with Crippen molar-refractivity contribution in [3.05, 3.63) is 11.8 Å². The summed E-state index contributed by atoms with van der Waals surface area (Å²) in [7, 11) is 2.18. The van der Waals surface area contributed by atoms with Crippen LogP contribution in [0.5, 0.6) is 0 Å². The summed E-state index contributed by atoms with van der Waals surface area (Å²) in [6, 6.07) is 2.11. The SMILES string of the molecule is Cc1cc(N2CCN(C)CC2)nc(N2CCNCC2)n1. The molecule has 0 spiro atoms. The summed E-state index contributed by atoms with van der Waals surface area (Å²) in [5.74, 6) is 1.97. The van der Waals surface area contributed by atoms with E-state index in [2.05, 4.69) is 45.0 Å². The highest BCUT2D eigenvalue weighted by atomic mass is 15.3. The fourth-order valence-corrected chi connectivity index (χ4v) is 2.74. The highest BCUT2D eigenvalue weighted by molar-refractivity contribution is 5.46. The van der Waals surface area contributed by atoms with E-state index in [1.807, 2.05) is 0 Å². The smallest absolute Gasteiger partial charge is 0.227 e. The third-order valence-electron chi connectivity index (χ3n) is 4.06. The van der Waals surface area contributed by atoms with Crippen LogP contribution in [-0.2, 0) is 0 Å². The summed E-state index contributed by atoms with van der Waals surface area (Å²) in [6.07, 6.45) is 0. The second-order valence-corrected chi connectivity index (χ2v) is 5.69. The molecular weight excluding hydrogens is 252 g/mol. The topological polar surface area (TPSA) is 47.5 Å². The summed E-state index contributed by atoms with van der Waals surface area (Å²) >= 11 is 0. The van der Waals surface area contributed by atoms with E-state index in [4.69, 9.17) is 4.98 Å². The minimum Gasteiger partial charge on any atom is -0.354 e. The van der Waals surface area contributed by atoms with Gasteiger partial charge in [-0.3, -0.25) is 0 Å². The second kappa shape index (κ2) is 5.93. The van der Waals surface area contributed by atoms with Gasteiger partial charge >= 0.3 is 0 Å². The molecule has 1 N–H and O–H groups in total. The highest BCUT2D eigenvalue weighted by Crippen LogP contribution is 2.19. The number of nitrogens with one attached hydrogen (secondary N) is 1. The van der Waals surface area contributed by atoms with Crippen molar-refractivity contribution in [2.24, 2.45) is 0 Å². The quantitative estimate of drug-likeness (QED) is 0.817. The molecule has 20 heavy (non-hydrogen) atoms. The molecule has 0 saturated carbocycles. The maximum atomic E-state index is 4.80. The van der Waals surface area contributed by atoms with Gasteiger partial charge in [-0.1, -0.05) is 0 Å². The monoisotopic (exact) mass is 276 g/mol. The van der Waals surface area contributed by atoms with E-state index < -0.39 is 0 Å². The van der Waals surface area contributed by atoms with Gasteiger partial charge in [0.25, 0.3) is 0 Å². The lowest BCUT2D eigenvalue weighted by Crippen LogP contribution is -2.46. The molecule has 0 amide bonds. The Bertz CT molecular complexity index is 449. The van der Waals surface area contributed by atoms with Gasteiger partial charge in [-0.15, -0.1) is 0 Å². The lowest BCUT2D eigenvalue weighted by Gasteiger charge is -2.34. The van der Waals surface area contributed by atoms with Crippen molar-refractivity contribution in [3.8, 4) is 0 Å². The molecule has 3 heterocycles. The molecule has 0 radical (unpaired) electrons. The van der Waals surface area contributed by atoms with Crippen LogP contribution >= 0.6 is 0 Å². The average molecular weight is 276 g/mol. The molecule has 2 aliphatic heterocycles.